The van der Waals surface area contributed by atoms with Gasteiger partial charge < -0.3 is 14.9 Å². The van der Waals surface area contributed by atoms with Gasteiger partial charge in [-0.15, -0.1) is 0 Å². The molecule has 3 aliphatic carbocycles. The van der Waals surface area contributed by atoms with E-state index in [1.54, 1.807) is 0 Å². The molecule has 0 aromatic carbocycles. The number of nitrogens with zero attached hydrogens (tertiary/aromatic N) is 2. The van der Waals surface area contributed by atoms with Crippen LogP contribution in [0.5, 0.6) is 0 Å². The smallest absolute Gasteiger partial charge is 0.173 e. The Morgan fingerprint density at radius 3 is 2.81 bits per heavy atom. The van der Waals surface area contributed by atoms with Gasteiger partial charge in [0.25, 0.3) is 0 Å². The van der Waals surface area contributed by atoms with Crippen LogP contribution in [0.15, 0.2) is 59.0 Å². The van der Waals surface area contributed by atoms with Crippen LogP contribution in [0.25, 0.3) is 0 Å². The highest BCUT2D eigenvalue weighted by Gasteiger charge is 2.46. The zero-order chi connectivity index (χ0) is 18.0. The Balaban J connectivity index is 1.60. The highest BCUT2D eigenvalue weighted by Crippen LogP contribution is 2.44. The molecular formula is C22H26N2O2. The topological polar surface area (TPSA) is 43.8 Å². The van der Waals surface area contributed by atoms with Crippen molar-refractivity contribution < 1.29 is 9.90 Å². The van der Waals surface area contributed by atoms with E-state index >= 15 is 0 Å². The highest BCUT2D eigenvalue weighted by atomic mass is 16.3. The minimum absolute atomic E-state index is 0.00920. The lowest BCUT2D eigenvalue weighted by molar-refractivity contribution is -0.121. The fourth-order valence-electron chi connectivity index (χ4n) is 5.48. The van der Waals surface area contributed by atoms with Gasteiger partial charge >= 0.3 is 0 Å². The van der Waals surface area contributed by atoms with Gasteiger partial charge in [0, 0.05) is 43.0 Å². The number of allylic oxidation sites excluding steroid dienone is 4. The normalized spacial score (nSPS) is 38.3. The fraction of sp³-hybridized carbons (Fsp3) is 0.500. The number of likely N-dealkylation sites (N-methyl/N-ethyl adjacent to an activating group) is 2. The van der Waals surface area contributed by atoms with E-state index in [-0.39, 0.29) is 29.7 Å². The molecule has 0 saturated carbocycles. The number of hydrogen-bond acceptors (Lipinski definition) is 4. The van der Waals surface area contributed by atoms with Crippen LogP contribution in [0.2, 0.25) is 0 Å². The number of likely N-dealkylation sites (tertiary alicyclic amines) is 1. The summed E-state index contributed by atoms with van der Waals surface area (Å²) in [6.07, 6.45) is 16.3. The predicted octanol–water partition coefficient (Wildman–Crippen LogP) is 2.55. The lowest BCUT2D eigenvalue weighted by Crippen LogP contribution is -2.53. The molecule has 136 valence electrons. The number of piperidine rings is 1. The first kappa shape index (κ1) is 16.1. The Morgan fingerprint density at radius 1 is 1.12 bits per heavy atom. The zero-order valence-electron chi connectivity index (χ0n) is 15.4. The lowest BCUT2D eigenvalue weighted by atomic mass is 9.71. The first-order valence-corrected chi connectivity index (χ1v) is 9.76. The van der Waals surface area contributed by atoms with Crippen LogP contribution in [0.1, 0.15) is 25.7 Å². The van der Waals surface area contributed by atoms with Crippen molar-refractivity contribution >= 4 is 5.78 Å². The molecule has 2 heterocycles. The Morgan fingerprint density at radius 2 is 1.96 bits per heavy atom. The largest absolute Gasteiger partial charge is 0.388 e. The SMILES string of the molecule is CN1C2=C(CCC=C2)C(O)C2C=C3C(=CC21)C(=O)C1C=CCCC1N3C. The van der Waals surface area contributed by atoms with Gasteiger partial charge in [0.05, 0.1) is 18.1 Å². The average Bonchev–Trinajstić information content (AvgIpc) is 2.69. The molecule has 0 amide bonds. The van der Waals surface area contributed by atoms with Crippen molar-refractivity contribution in [2.45, 2.75) is 43.9 Å². The van der Waals surface area contributed by atoms with Crippen molar-refractivity contribution in [2.75, 3.05) is 14.1 Å². The molecule has 0 spiro atoms. The van der Waals surface area contributed by atoms with Crippen molar-refractivity contribution in [3.63, 3.8) is 0 Å². The maximum Gasteiger partial charge on any atom is 0.173 e. The van der Waals surface area contributed by atoms with Gasteiger partial charge in [0.1, 0.15) is 0 Å². The van der Waals surface area contributed by atoms with Gasteiger partial charge in [-0.3, -0.25) is 4.79 Å². The number of fused-ring (bicyclic) bond motifs is 3. The average molecular weight is 350 g/mol. The van der Waals surface area contributed by atoms with E-state index in [0.29, 0.717) is 0 Å². The monoisotopic (exact) mass is 350 g/mol. The predicted molar refractivity (Wildman–Crippen MR) is 101 cm³/mol. The summed E-state index contributed by atoms with van der Waals surface area (Å²) in [6, 6.07) is 0.282. The fourth-order valence-corrected chi connectivity index (χ4v) is 5.48. The number of rotatable bonds is 0. The minimum atomic E-state index is -0.464. The second kappa shape index (κ2) is 5.71. The maximum atomic E-state index is 13.2. The number of carbonyl (C=O) groups is 1. The molecule has 0 radical (unpaired) electrons. The highest BCUT2D eigenvalue weighted by molar-refractivity contribution is 6.04. The van der Waals surface area contributed by atoms with Gasteiger partial charge in [-0.2, -0.15) is 0 Å². The third-order valence-corrected chi connectivity index (χ3v) is 6.92. The van der Waals surface area contributed by atoms with Crippen LogP contribution < -0.4 is 0 Å². The summed E-state index contributed by atoms with van der Waals surface area (Å²) in [5.41, 5.74) is 4.14. The second-order valence-corrected chi connectivity index (χ2v) is 8.18. The van der Waals surface area contributed by atoms with Crippen LogP contribution in [-0.2, 0) is 4.79 Å². The van der Waals surface area contributed by atoms with Crippen LogP contribution in [0.4, 0.5) is 0 Å². The van der Waals surface area contributed by atoms with Gasteiger partial charge in [-0.25, -0.2) is 0 Å². The molecule has 0 aromatic heterocycles. The van der Waals surface area contributed by atoms with E-state index in [9.17, 15) is 9.90 Å². The number of carbonyl (C=O) groups excluding carboxylic acids is 1. The molecule has 0 bridgehead atoms. The minimum Gasteiger partial charge on any atom is -0.388 e. The first-order chi connectivity index (χ1) is 12.6. The van der Waals surface area contributed by atoms with Gasteiger partial charge in [0.2, 0.25) is 0 Å². The number of Topliss-reactive ketones (excluding diaryl/α,β-unsaturated/α-hetero) is 1. The summed E-state index contributed by atoms with van der Waals surface area (Å²) >= 11 is 0. The van der Waals surface area contributed by atoms with E-state index in [4.69, 9.17) is 0 Å². The molecule has 1 N–H and O–H groups in total. The van der Waals surface area contributed by atoms with E-state index in [0.717, 1.165) is 48.2 Å². The Hall–Kier alpha value is -2.07. The van der Waals surface area contributed by atoms with E-state index in [1.165, 1.54) is 0 Å². The molecule has 2 aliphatic heterocycles. The van der Waals surface area contributed by atoms with Crippen molar-refractivity contribution in [3.05, 3.63) is 59.0 Å². The quantitative estimate of drug-likeness (QED) is 0.682. The van der Waals surface area contributed by atoms with Gasteiger partial charge in [0.15, 0.2) is 5.78 Å². The zero-order valence-corrected chi connectivity index (χ0v) is 15.4. The molecule has 5 aliphatic rings. The number of hydrogen-bond donors (Lipinski definition) is 1. The summed E-state index contributed by atoms with van der Waals surface area (Å²) in [5.74, 6) is 0.224. The third-order valence-electron chi connectivity index (χ3n) is 6.92. The van der Waals surface area contributed by atoms with Gasteiger partial charge in [-0.05, 0) is 43.4 Å². The standard InChI is InChI=1S/C22H26N2O2/c1-23-17-9-5-3-7-13(17)21(25)15-12-20-16(11-19(15)23)22(26)14-8-4-6-10-18(14)24(20)2/h3,6-7,10-13,16-17,20,22,26H,4-5,8-9H2,1-2H3. The first-order valence-electron chi connectivity index (χ1n) is 9.76. The molecule has 4 heteroatoms. The Bertz CT molecular complexity index is 816. The Kier molecular flexibility index (Phi) is 3.54. The molecule has 1 fully saturated rings. The van der Waals surface area contributed by atoms with Crippen molar-refractivity contribution in [2.24, 2.45) is 11.8 Å². The van der Waals surface area contributed by atoms with Crippen LogP contribution >= 0.6 is 0 Å². The van der Waals surface area contributed by atoms with E-state index in [2.05, 4.69) is 60.4 Å². The molecule has 5 atom stereocenters. The lowest BCUT2D eigenvalue weighted by Gasteiger charge is -2.49. The molecule has 5 rings (SSSR count). The number of aliphatic hydroxyl groups excluding tert-OH is 1. The molecule has 4 nitrogen and oxygen atoms in total. The summed E-state index contributed by atoms with van der Waals surface area (Å²) in [6.45, 7) is 0. The maximum absolute atomic E-state index is 13.2. The van der Waals surface area contributed by atoms with Crippen molar-refractivity contribution in [1.29, 1.82) is 0 Å². The Labute approximate surface area is 154 Å². The summed E-state index contributed by atoms with van der Waals surface area (Å²) in [5, 5.41) is 11.1. The number of ketones is 1. The molecule has 1 saturated heterocycles. The molecule has 0 aromatic rings. The van der Waals surface area contributed by atoms with Crippen LogP contribution in [0, 0.1) is 11.8 Å². The summed E-state index contributed by atoms with van der Waals surface area (Å²) in [7, 11) is 4.20. The second-order valence-electron chi connectivity index (χ2n) is 8.18. The van der Waals surface area contributed by atoms with E-state index < -0.39 is 6.10 Å². The van der Waals surface area contributed by atoms with Crippen molar-refractivity contribution in [3.8, 4) is 0 Å². The van der Waals surface area contributed by atoms with Crippen LogP contribution in [-0.4, -0.2) is 53.0 Å². The van der Waals surface area contributed by atoms with Gasteiger partial charge in [-0.1, -0.05) is 24.3 Å². The number of aliphatic hydroxyl groups is 1. The third kappa shape index (κ3) is 2.08. The van der Waals surface area contributed by atoms with Crippen LogP contribution in [0.3, 0.4) is 0 Å². The van der Waals surface area contributed by atoms with Crippen molar-refractivity contribution in [1.82, 2.24) is 9.80 Å². The summed E-state index contributed by atoms with van der Waals surface area (Å²) in [4.78, 5) is 17.7. The molecular weight excluding hydrogens is 324 g/mol. The summed E-state index contributed by atoms with van der Waals surface area (Å²) < 4.78 is 0. The molecule has 5 unspecified atom stereocenters. The van der Waals surface area contributed by atoms with E-state index in [1.807, 2.05) is 0 Å². The molecule has 26 heavy (non-hydrogen) atoms.